The van der Waals surface area contributed by atoms with Gasteiger partial charge in [-0.1, -0.05) is 325 Å². The fraction of sp³-hybridized carbons (Fsp3) is 0.433. The average molecular weight is 1730 g/mol. The Kier molecular flexibility index (Phi) is 31.0. The van der Waals surface area contributed by atoms with Gasteiger partial charge in [0.15, 0.2) is 5.78 Å². The topological polar surface area (TPSA) is 114 Å². The lowest BCUT2D eigenvalue weighted by molar-refractivity contribution is -0.148. The van der Waals surface area contributed by atoms with Crippen molar-refractivity contribution in [1.29, 1.82) is 0 Å². The minimum atomic E-state index is -0.695. The van der Waals surface area contributed by atoms with E-state index < -0.39 is 17.9 Å². The molecule has 2 spiro atoms. The first kappa shape index (κ1) is 93.1. The van der Waals surface area contributed by atoms with E-state index in [1.165, 1.54) is 268 Å². The third-order valence-electron chi connectivity index (χ3n) is 30.8. The van der Waals surface area contributed by atoms with E-state index in [0.29, 0.717) is 13.0 Å². The molecule has 0 N–H and O–H groups in total. The third-order valence-corrected chi connectivity index (χ3v) is 30.8. The number of ether oxygens (including phenoxy) is 5. The Labute approximate surface area is 771 Å². The van der Waals surface area contributed by atoms with Crippen LogP contribution in [0.5, 0.6) is 11.5 Å². The van der Waals surface area contributed by atoms with Crippen molar-refractivity contribution in [3.05, 3.63) is 276 Å². The minimum absolute atomic E-state index is 0.00266. The number of unbranched alkanes of at least 4 members (excludes halogenated alkanes) is 14. The number of esters is 3. The molecule has 16 rings (SSSR count). The summed E-state index contributed by atoms with van der Waals surface area (Å²) >= 11 is 0. The molecule has 4 saturated carbocycles. The zero-order valence-electron chi connectivity index (χ0n) is 78.6. The summed E-state index contributed by atoms with van der Waals surface area (Å²) < 4.78 is 27.0. The smallest absolute Gasteiger partial charge is 0.331 e. The molecule has 0 amide bonds. The first-order valence-corrected chi connectivity index (χ1v) is 49.8. The quantitative estimate of drug-likeness (QED) is 0.0159. The molecule has 10 aromatic rings. The van der Waals surface area contributed by atoms with Gasteiger partial charge in [-0.25, -0.2) is 9.59 Å². The number of benzene rings is 10. The second-order valence-corrected chi connectivity index (χ2v) is 38.6. The van der Waals surface area contributed by atoms with Crippen LogP contribution in [0.25, 0.3) is 89.0 Å². The summed E-state index contributed by atoms with van der Waals surface area (Å²) in [4.78, 5) is 46.8. The largest absolute Gasteiger partial charge is 0.494 e. The van der Waals surface area contributed by atoms with Crippen LogP contribution < -0.4 is 9.47 Å². The number of allylic oxidation sites excluding steroid dienone is 2. The van der Waals surface area contributed by atoms with E-state index in [1.807, 2.05) is 13.0 Å². The lowest BCUT2D eigenvalue weighted by Crippen LogP contribution is -2.45. The van der Waals surface area contributed by atoms with Gasteiger partial charge in [-0.15, -0.1) is 0 Å². The molecule has 9 heteroatoms. The summed E-state index contributed by atoms with van der Waals surface area (Å²) in [7, 11) is 0. The minimum Gasteiger partial charge on any atom is -0.494 e. The molecule has 0 aromatic heterocycles. The summed E-state index contributed by atoms with van der Waals surface area (Å²) in [6, 6.07) is 83.6. The number of aryl methyl sites for hydroxylation is 1. The summed E-state index contributed by atoms with van der Waals surface area (Å²) in [5.41, 5.74) is 30.9. The van der Waals surface area contributed by atoms with Crippen molar-refractivity contribution in [3.8, 4) is 101 Å². The highest BCUT2D eigenvalue weighted by Gasteiger charge is 2.75. The Morgan fingerprint density at radius 1 is 0.295 bits per heavy atom. The molecule has 9 nitrogen and oxygen atoms in total. The Morgan fingerprint density at radius 2 is 0.566 bits per heavy atom. The summed E-state index contributed by atoms with van der Waals surface area (Å²) in [6.45, 7) is 18.6. The summed E-state index contributed by atoms with van der Waals surface area (Å²) in [5, 5.41) is 0. The van der Waals surface area contributed by atoms with E-state index in [0.717, 1.165) is 74.3 Å². The van der Waals surface area contributed by atoms with Gasteiger partial charge in [0.2, 0.25) is 0 Å². The van der Waals surface area contributed by atoms with E-state index in [2.05, 4.69) is 260 Å². The predicted octanol–water partition coefficient (Wildman–Crippen LogP) is 31.5. The number of ketones is 1. The highest BCUT2D eigenvalue weighted by Crippen LogP contribution is 2.83. The molecule has 674 valence electrons. The number of carbonyl (C=O) groups excluding carboxylic acids is 4. The van der Waals surface area contributed by atoms with Crippen molar-refractivity contribution in [2.75, 3.05) is 33.0 Å². The highest BCUT2D eigenvalue weighted by atomic mass is 16.6. The molecule has 0 unspecified atom stereocenters. The molecule has 4 fully saturated rings. The molecular weight excluding hydrogens is 1590 g/mol. The Bertz CT molecular complexity index is 5440. The zero-order chi connectivity index (χ0) is 89.9. The van der Waals surface area contributed by atoms with Crippen molar-refractivity contribution in [1.82, 2.24) is 0 Å². The molecule has 0 saturated heterocycles. The number of fused-ring (bicyclic) bond motifs is 6. The first-order chi connectivity index (χ1) is 63.0. The van der Waals surface area contributed by atoms with Gasteiger partial charge in [-0.3, -0.25) is 9.59 Å². The third kappa shape index (κ3) is 19.6. The van der Waals surface area contributed by atoms with Gasteiger partial charge in [-0.2, -0.15) is 0 Å². The number of hydrogen-bond acceptors (Lipinski definition) is 9. The fourth-order valence-electron chi connectivity index (χ4n) is 24.7. The van der Waals surface area contributed by atoms with Crippen LogP contribution in [0.1, 0.15) is 287 Å². The van der Waals surface area contributed by atoms with Crippen LogP contribution in [0.4, 0.5) is 0 Å². The van der Waals surface area contributed by atoms with Gasteiger partial charge in [0, 0.05) is 36.3 Å². The van der Waals surface area contributed by atoms with Crippen LogP contribution in [0.15, 0.2) is 243 Å². The lowest BCUT2D eigenvalue weighted by atomic mass is 9.54. The maximum absolute atomic E-state index is 12.4. The predicted molar refractivity (Wildman–Crippen MR) is 531 cm³/mol. The van der Waals surface area contributed by atoms with Gasteiger partial charge in [0.1, 0.15) is 24.7 Å². The molecule has 0 atom stereocenters. The molecule has 129 heavy (non-hydrogen) atoms. The number of rotatable bonds is 44. The van der Waals surface area contributed by atoms with Crippen LogP contribution >= 0.6 is 0 Å². The molecule has 0 aliphatic heterocycles. The molecule has 0 heterocycles. The van der Waals surface area contributed by atoms with Crippen LogP contribution in [-0.4, -0.2) is 56.7 Å². The second kappa shape index (κ2) is 42.9. The fourth-order valence-corrected chi connectivity index (χ4v) is 24.7. The highest BCUT2D eigenvalue weighted by molar-refractivity contribution is 5.94. The Hall–Kier alpha value is -10.6. The van der Waals surface area contributed by atoms with Crippen LogP contribution in [-0.2, 0) is 50.6 Å². The van der Waals surface area contributed by atoms with Crippen LogP contribution in [0.3, 0.4) is 0 Å². The normalized spacial score (nSPS) is 20.4. The van der Waals surface area contributed by atoms with Gasteiger partial charge >= 0.3 is 17.9 Å². The van der Waals surface area contributed by atoms with E-state index >= 15 is 0 Å². The standard InChI is InChI=1S/C63H74O7.C57H66O2/c1-5-7-12-34-61-36-38-62(39-37-61,35-13-8-6-2)63(61)57-44-52(50-22-20-49(21-23-50)48-18-16-46(3)17-19-48)26-30-55(57)56-31-27-53(45-58(56)63)51-24-28-54(29-25-51)68-40-14-10-9-11-15-41-69-59(65)32-33-60(66)70-43-42-67-47(4)64;1-5-9-12-32-55-34-36-56(37-35-55,33-13-10-6-2)57(55)53-40-47(45-18-16-42(17-19-45)39-49(58)15-8-4)26-30-51(53)52-31-27-48(41-54(52)57)46-22-20-43(21-23-46)44-24-28-50(29-25-44)59-38-14-11-7-3/h16-33,44-45H,5-15,34-43H2,1-4H3;8,15-31,40-41H,5-7,9-14,32-39H2,1-4H3/b33-32+;15-8+. The second-order valence-electron chi connectivity index (χ2n) is 38.6. The van der Waals surface area contributed by atoms with Crippen molar-refractivity contribution >= 4 is 23.7 Å². The van der Waals surface area contributed by atoms with Crippen molar-refractivity contribution < 1.29 is 42.9 Å². The Morgan fingerprint density at radius 3 is 0.899 bits per heavy atom. The van der Waals surface area contributed by atoms with Gasteiger partial charge in [0.05, 0.1) is 19.8 Å². The molecule has 4 bridgehead atoms. The molecular formula is C120H140O9. The maximum Gasteiger partial charge on any atom is 0.331 e. The number of carbonyl (C=O) groups is 4. The van der Waals surface area contributed by atoms with Crippen molar-refractivity contribution in [2.45, 2.75) is 278 Å². The van der Waals surface area contributed by atoms with E-state index in [9.17, 15) is 19.2 Å². The van der Waals surface area contributed by atoms with Gasteiger partial charge in [0.25, 0.3) is 0 Å². The molecule has 6 aliphatic carbocycles. The zero-order valence-corrected chi connectivity index (χ0v) is 78.6. The van der Waals surface area contributed by atoms with E-state index in [1.54, 1.807) is 28.3 Å². The van der Waals surface area contributed by atoms with Crippen molar-refractivity contribution in [2.24, 2.45) is 21.7 Å². The van der Waals surface area contributed by atoms with E-state index in [4.69, 9.17) is 23.7 Å². The number of hydrogen-bond donors (Lipinski definition) is 0. The van der Waals surface area contributed by atoms with E-state index in [-0.39, 0.29) is 58.1 Å². The summed E-state index contributed by atoms with van der Waals surface area (Å²) in [6.07, 6.45) is 45.5. The molecule has 0 radical (unpaired) electrons. The first-order valence-electron chi connectivity index (χ1n) is 49.8. The Balaban J connectivity index is 0.000000201. The average Bonchev–Trinajstić information content (AvgIpc) is 1.48. The monoisotopic (exact) mass is 1730 g/mol. The SMILES string of the molecule is C/C=C/C(=O)Cc1ccc(-c2ccc3c(c2)C2(c4cc(-c5ccc(-c6ccc(OCCCCC)cc6)cc5)ccc4-3)C3(CCCCC)CCC2(CCCCC)CC3)cc1.CCCCCC12CCC(CCCCC)(CC1)C21c2cc(-c3ccc(OCCCCCCCOC(=O)/C=C/C(=O)OCCOC(C)=O)cc3)ccc2-c2ccc(-c3ccc(-c4ccc(C)cc4)cc3)cc21. The van der Waals surface area contributed by atoms with Crippen LogP contribution in [0, 0.1) is 28.6 Å². The van der Waals surface area contributed by atoms with Gasteiger partial charge < -0.3 is 23.7 Å². The lowest BCUT2D eigenvalue weighted by Gasteiger charge is -2.48. The summed E-state index contributed by atoms with van der Waals surface area (Å²) in [5.74, 6) is 0.258. The van der Waals surface area contributed by atoms with Crippen molar-refractivity contribution in [3.63, 3.8) is 0 Å². The molecule has 10 aromatic carbocycles. The maximum atomic E-state index is 12.4. The van der Waals surface area contributed by atoms with Crippen LogP contribution in [0.2, 0.25) is 0 Å². The molecule has 6 aliphatic rings. The van der Waals surface area contributed by atoms with Gasteiger partial charge in [-0.05, 0) is 303 Å².